The normalized spacial score (nSPS) is 17.5. The number of amides is 1. The Hall–Kier alpha value is -1.36. The molecular weight excluding hydrogens is 192 g/mol. The third-order valence-corrected chi connectivity index (χ3v) is 2.79. The average Bonchev–Trinajstić information content (AvgIpc) is 2.80. The summed E-state index contributed by atoms with van der Waals surface area (Å²) in [7, 11) is 1.79. The first-order valence-corrected chi connectivity index (χ1v) is 5.14. The maximum Gasteiger partial charge on any atom is 0.242 e. The summed E-state index contributed by atoms with van der Waals surface area (Å²) in [5.41, 5.74) is 5.27. The van der Waals surface area contributed by atoms with Gasteiger partial charge in [0.25, 0.3) is 0 Å². The van der Waals surface area contributed by atoms with E-state index in [1.165, 1.54) is 0 Å². The van der Waals surface area contributed by atoms with Crippen molar-refractivity contribution in [3.8, 4) is 0 Å². The molecule has 0 radical (unpaired) electrons. The molecule has 0 aliphatic heterocycles. The van der Waals surface area contributed by atoms with Crippen LogP contribution in [0.5, 0.6) is 0 Å². The molecule has 0 aromatic carbocycles. The van der Waals surface area contributed by atoms with Crippen LogP contribution in [0.4, 0.5) is 0 Å². The van der Waals surface area contributed by atoms with Crippen LogP contribution in [0.1, 0.15) is 12.8 Å². The van der Waals surface area contributed by atoms with Crippen LogP contribution in [0.15, 0.2) is 18.5 Å². The van der Waals surface area contributed by atoms with E-state index < -0.39 is 5.54 Å². The smallest absolute Gasteiger partial charge is 0.242 e. The van der Waals surface area contributed by atoms with Gasteiger partial charge < -0.3 is 10.6 Å². The molecule has 5 nitrogen and oxygen atoms in total. The van der Waals surface area contributed by atoms with E-state index in [-0.39, 0.29) is 5.91 Å². The zero-order chi connectivity index (χ0) is 10.9. The monoisotopic (exact) mass is 208 g/mol. The largest absolute Gasteiger partial charge is 0.342 e. The second-order valence-electron chi connectivity index (χ2n) is 4.15. The molecule has 15 heavy (non-hydrogen) atoms. The van der Waals surface area contributed by atoms with Crippen molar-refractivity contribution in [1.82, 2.24) is 14.7 Å². The van der Waals surface area contributed by atoms with Gasteiger partial charge in [-0.05, 0) is 18.9 Å². The Morgan fingerprint density at radius 1 is 1.67 bits per heavy atom. The van der Waals surface area contributed by atoms with Crippen LogP contribution in [0.2, 0.25) is 0 Å². The minimum atomic E-state index is -0.557. The Balaban J connectivity index is 1.82. The van der Waals surface area contributed by atoms with Gasteiger partial charge in [-0.3, -0.25) is 9.48 Å². The van der Waals surface area contributed by atoms with E-state index in [0.29, 0.717) is 13.1 Å². The minimum Gasteiger partial charge on any atom is -0.342 e. The highest BCUT2D eigenvalue weighted by atomic mass is 16.2. The van der Waals surface area contributed by atoms with Gasteiger partial charge in [-0.2, -0.15) is 5.10 Å². The molecule has 1 aromatic heterocycles. The van der Waals surface area contributed by atoms with Crippen molar-refractivity contribution in [3.63, 3.8) is 0 Å². The Morgan fingerprint density at radius 3 is 2.93 bits per heavy atom. The van der Waals surface area contributed by atoms with Gasteiger partial charge in [-0.25, -0.2) is 0 Å². The highest BCUT2D eigenvalue weighted by Gasteiger charge is 2.47. The van der Waals surface area contributed by atoms with Crippen LogP contribution in [-0.4, -0.2) is 39.7 Å². The lowest BCUT2D eigenvalue weighted by Gasteiger charge is -2.20. The Kier molecular flexibility index (Phi) is 2.48. The predicted octanol–water partition coefficient (Wildman–Crippen LogP) is -0.167. The summed E-state index contributed by atoms with van der Waals surface area (Å²) in [6, 6.07) is 1.87. The Labute approximate surface area is 88.8 Å². The Bertz CT molecular complexity index is 342. The second kappa shape index (κ2) is 3.66. The van der Waals surface area contributed by atoms with Gasteiger partial charge >= 0.3 is 0 Å². The second-order valence-corrected chi connectivity index (χ2v) is 4.15. The molecule has 0 bridgehead atoms. The Morgan fingerprint density at radius 2 is 2.40 bits per heavy atom. The van der Waals surface area contributed by atoms with Crippen molar-refractivity contribution in [2.24, 2.45) is 5.73 Å². The number of hydrogen-bond acceptors (Lipinski definition) is 3. The third-order valence-electron chi connectivity index (χ3n) is 2.79. The molecule has 0 spiro atoms. The molecule has 0 saturated heterocycles. The van der Waals surface area contributed by atoms with Gasteiger partial charge in [0.2, 0.25) is 5.91 Å². The van der Waals surface area contributed by atoms with E-state index >= 15 is 0 Å². The van der Waals surface area contributed by atoms with E-state index in [1.807, 2.05) is 12.3 Å². The van der Waals surface area contributed by atoms with Gasteiger partial charge in [0, 0.05) is 26.0 Å². The molecular formula is C10H16N4O. The van der Waals surface area contributed by atoms with Crippen LogP contribution in [0.3, 0.4) is 0 Å². The summed E-state index contributed by atoms with van der Waals surface area (Å²) in [4.78, 5) is 13.4. The fraction of sp³-hybridized carbons (Fsp3) is 0.600. The molecule has 1 aromatic rings. The highest BCUT2D eigenvalue weighted by Crippen LogP contribution is 2.33. The van der Waals surface area contributed by atoms with Gasteiger partial charge in [0.15, 0.2) is 0 Å². The lowest BCUT2D eigenvalue weighted by molar-refractivity contribution is -0.132. The molecule has 2 N–H and O–H groups in total. The zero-order valence-electron chi connectivity index (χ0n) is 8.89. The summed E-state index contributed by atoms with van der Waals surface area (Å²) in [5, 5.41) is 4.07. The van der Waals surface area contributed by atoms with Crippen molar-refractivity contribution < 1.29 is 4.79 Å². The predicted molar refractivity (Wildman–Crippen MR) is 56.0 cm³/mol. The fourth-order valence-corrected chi connectivity index (χ4v) is 1.52. The molecule has 0 unspecified atom stereocenters. The van der Waals surface area contributed by atoms with Crippen molar-refractivity contribution >= 4 is 5.91 Å². The number of carbonyl (C=O) groups excluding carboxylic acids is 1. The minimum absolute atomic E-state index is 0.0506. The fourth-order valence-electron chi connectivity index (χ4n) is 1.52. The molecule has 1 saturated carbocycles. The molecule has 1 fully saturated rings. The van der Waals surface area contributed by atoms with Crippen LogP contribution < -0.4 is 5.73 Å². The van der Waals surface area contributed by atoms with Gasteiger partial charge in [-0.1, -0.05) is 0 Å². The van der Waals surface area contributed by atoms with E-state index in [1.54, 1.807) is 22.8 Å². The van der Waals surface area contributed by atoms with Gasteiger partial charge in [0.05, 0.1) is 12.1 Å². The summed E-state index contributed by atoms with van der Waals surface area (Å²) in [5.74, 6) is 0.0506. The maximum atomic E-state index is 11.8. The highest BCUT2D eigenvalue weighted by molar-refractivity contribution is 5.88. The first-order chi connectivity index (χ1) is 7.12. The molecule has 1 amide bonds. The summed E-state index contributed by atoms with van der Waals surface area (Å²) in [6.07, 6.45) is 5.25. The first-order valence-electron chi connectivity index (χ1n) is 5.14. The SMILES string of the molecule is CN(CCn1cccn1)C(=O)C1(N)CC1. The number of nitrogens with two attached hydrogens (primary N) is 1. The topological polar surface area (TPSA) is 64.2 Å². The van der Waals surface area contributed by atoms with E-state index in [0.717, 1.165) is 12.8 Å². The van der Waals surface area contributed by atoms with Gasteiger partial charge in [0.1, 0.15) is 0 Å². The first kappa shape index (κ1) is 10.2. The lowest BCUT2D eigenvalue weighted by atomic mass is 10.2. The molecule has 82 valence electrons. The van der Waals surface area contributed by atoms with Gasteiger partial charge in [-0.15, -0.1) is 0 Å². The van der Waals surface area contributed by atoms with Crippen LogP contribution in [-0.2, 0) is 11.3 Å². The van der Waals surface area contributed by atoms with Crippen molar-refractivity contribution in [2.45, 2.75) is 24.9 Å². The summed E-state index contributed by atoms with van der Waals surface area (Å²) < 4.78 is 1.81. The number of rotatable bonds is 4. The summed E-state index contributed by atoms with van der Waals surface area (Å²) in [6.45, 7) is 1.37. The molecule has 0 atom stereocenters. The van der Waals surface area contributed by atoms with Crippen LogP contribution >= 0.6 is 0 Å². The van der Waals surface area contributed by atoms with Crippen molar-refractivity contribution in [1.29, 1.82) is 0 Å². The lowest BCUT2D eigenvalue weighted by Crippen LogP contribution is -2.44. The molecule has 5 heteroatoms. The molecule has 1 aliphatic carbocycles. The van der Waals surface area contributed by atoms with Crippen LogP contribution in [0.25, 0.3) is 0 Å². The number of hydrogen-bond donors (Lipinski definition) is 1. The maximum absolute atomic E-state index is 11.8. The number of nitrogens with zero attached hydrogens (tertiary/aromatic N) is 3. The quantitative estimate of drug-likeness (QED) is 0.747. The number of aromatic nitrogens is 2. The summed E-state index contributed by atoms with van der Waals surface area (Å²) >= 11 is 0. The molecule has 1 aliphatic rings. The van der Waals surface area contributed by atoms with Crippen molar-refractivity contribution in [3.05, 3.63) is 18.5 Å². The number of likely N-dealkylation sites (N-methyl/N-ethyl adjacent to an activating group) is 1. The zero-order valence-corrected chi connectivity index (χ0v) is 8.89. The standard InChI is InChI=1S/C10H16N4O/c1-13(9(15)10(11)3-4-10)7-8-14-6-2-5-12-14/h2,5-6H,3-4,7-8,11H2,1H3. The molecule has 2 rings (SSSR count). The van der Waals surface area contributed by atoms with Crippen LogP contribution in [0, 0.1) is 0 Å². The van der Waals surface area contributed by atoms with E-state index in [2.05, 4.69) is 5.10 Å². The molecule has 1 heterocycles. The van der Waals surface area contributed by atoms with Crippen molar-refractivity contribution in [2.75, 3.05) is 13.6 Å². The average molecular weight is 208 g/mol. The van der Waals surface area contributed by atoms with E-state index in [9.17, 15) is 4.79 Å². The van der Waals surface area contributed by atoms with E-state index in [4.69, 9.17) is 5.73 Å². The number of carbonyl (C=O) groups is 1. The third kappa shape index (κ3) is 2.18.